The van der Waals surface area contributed by atoms with E-state index in [2.05, 4.69) is 6.92 Å². The van der Waals surface area contributed by atoms with Crippen molar-refractivity contribution in [1.29, 1.82) is 0 Å². The fourth-order valence-corrected chi connectivity index (χ4v) is 3.57. The second-order valence-corrected chi connectivity index (χ2v) is 8.97. The molecule has 0 amide bonds. The number of unbranched alkanes of at least 4 members (excludes halogenated alkanes) is 7. The maximum absolute atomic E-state index is 13.9. The summed E-state index contributed by atoms with van der Waals surface area (Å²) in [6, 6.07) is 0. The van der Waals surface area contributed by atoms with E-state index in [9.17, 15) is 57.1 Å². The molecule has 2 nitrogen and oxygen atoms in total. The van der Waals surface area contributed by atoms with Gasteiger partial charge in [-0.05, 0) is 19.3 Å². The van der Waals surface area contributed by atoms with Crippen LogP contribution in [0.15, 0.2) is 18.7 Å². The summed E-state index contributed by atoms with van der Waals surface area (Å²) in [5.74, 6) is -36.5. The molecule has 0 atom stereocenters. The fourth-order valence-electron chi connectivity index (χ4n) is 3.57. The molecule has 1 aromatic rings. The molecule has 0 aliphatic rings. The summed E-state index contributed by atoms with van der Waals surface area (Å²) < 4.78 is 174. The summed E-state index contributed by atoms with van der Waals surface area (Å²) in [5, 5.41) is 0. The average Bonchev–Trinajstić information content (AvgIpc) is 3.21. The molecule has 38 heavy (non-hydrogen) atoms. The molecule has 0 radical (unpaired) electrons. The van der Waals surface area contributed by atoms with Crippen LogP contribution in [0.25, 0.3) is 0 Å². The third-order valence-corrected chi connectivity index (χ3v) is 5.92. The van der Waals surface area contributed by atoms with Gasteiger partial charge in [0, 0.05) is 6.42 Å². The minimum atomic E-state index is -7.85. The molecule has 16 heteroatoms. The SMILES string of the molecule is CCCCCCCCCCn1cc[n+](CCCC(F)(F)C(F)(F)C(F)(F)C(F)(F)C(F)(F)C(F)(F)F)c1.[I-]. The van der Waals surface area contributed by atoms with Gasteiger partial charge < -0.3 is 24.0 Å². The van der Waals surface area contributed by atoms with Crippen molar-refractivity contribution in [3.63, 3.8) is 0 Å². The number of hydrogen-bond acceptors (Lipinski definition) is 0. The van der Waals surface area contributed by atoms with Gasteiger partial charge in [-0.15, -0.1) is 0 Å². The molecule has 1 heterocycles. The van der Waals surface area contributed by atoms with Gasteiger partial charge in [-0.2, -0.15) is 57.1 Å². The first-order valence-corrected chi connectivity index (χ1v) is 11.8. The number of aromatic nitrogens is 2. The van der Waals surface area contributed by atoms with E-state index in [-0.39, 0.29) is 24.0 Å². The molecular weight excluding hydrogens is 666 g/mol. The fraction of sp³-hybridized carbons (Fsp3) is 0.864. The molecule has 0 saturated carbocycles. The number of aryl methyl sites for hydroxylation is 2. The zero-order valence-electron chi connectivity index (χ0n) is 20.4. The van der Waals surface area contributed by atoms with Crippen molar-refractivity contribution in [1.82, 2.24) is 4.57 Å². The Kier molecular flexibility index (Phi) is 13.7. The monoisotopic (exact) mass is 696 g/mol. The molecule has 0 fully saturated rings. The van der Waals surface area contributed by atoms with E-state index in [0.29, 0.717) is 6.54 Å². The highest BCUT2D eigenvalue weighted by atomic mass is 127. The van der Waals surface area contributed by atoms with Crippen LogP contribution in [0.2, 0.25) is 0 Å². The first kappa shape index (κ1) is 37.0. The second-order valence-electron chi connectivity index (χ2n) is 8.97. The number of nitrogens with zero attached hydrogens (tertiary/aromatic N) is 2. The van der Waals surface area contributed by atoms with E-state index in [1.807, 2.05) is 0 Å². The molecule has 0 spiro atoms. The molecule has 226 valence electrons. The van der Waals surface area contributed by atoms with Gasteiger partial charge in [0.2, 0.25) is 6.33 Å². The summed E-state index contributed by atoms with van der Waals surface area (Å²) in [4.78, 5) is 0. The van der Waals surface area contributed by atoms with Crippen molar-refractivity contribution >= 4 is 0 Å². The van der Waals surface area contributed by atoms with Crippen LogP contribution in [0, 0.1) is 0 Å². The first-order valence-electron chi connectivity index (χ1n) is 11.8. The van der Waals surface area contributed by atoms with Crippen LogP contribution in [0.4, 0.5) is 57.1 Å². The lowest BCUT2D eigenvalue weighted by Crippen LogP contribution is -3.00. The molecule has 1 aromatic heterocycles. The molecule has 0 saturated heterocycles. The van der Waals surface area contributed by atoms with Crippen LogP contribution in [-0.2, 0) is 13.1 Å². The smallest absolute Gasteiger partial charge is 0.460 e. The van der Waals surface area contributed by atoms with Crippen LogP contribution in [0.3, 0.4) is 0 Å². The van der Waals surface area contributed by atoms with E-state index < -0.39 is 55.2 Å². The average molecular weight is 696 g/mol. The topological polar surface area (TPSA) is 8.81 Å². The number of halogens is 14. The van der Waals surface area contributed by atoms with Gasteiger partial charge in [0.25, 0.3) is 0 Å². The van der Waals surface area contributed by atoms with Crippen molar-refractivity contribution < 1.29 is 85.6 Å². The minimum absolute atomic E-state index is 0. The Hall–Kier alpha value is -0.970. The summed E-state index contributed by atoms with van der Waals surface area (Å²) in [6.07, 6.45) is 2.16. The van der Waals surface area contributed by atoms with Gasteiger partial charge in [-0.1, -0.05) is 45.4 Å². The first-order chi connectivity index (χ1) is 16.8. The normalized spacial score (nSPS) is 14.1. The highest BCUT2D eigenvalue weighted by Crippen LogP contribution is 2.60. The van der Waals surface area contributed by atoms with Crippen molar-refractivity contribution in [2.24, 2.45) is 0 Å². The molecule has 0 bridgehead atoms. The molecule has 0 aliphatic carbocycles. The van der Waals surface area contributed by atoms with Crippen LogP contribution < -0.4 is 28.5 Å². The lowest BCUT2D eigenvalue weighted by atomic mass is 9.92. The number of imidazole rings is 1. The zero-order chi connectivity index (χ0) is 28.8. The van der Waals surface area contributed by atoms with E-state index in [1.54, 1.807) is 4.57 Å². The standard InChI is InChI=1S/C22H30F13N2.HI/c1-2-3-4-5-6-7-8-9-12-36-14-15-37(16-36)13-10-11-17(23,24)18(25,26)19(27,28)20(29,30)21(31,32)22(33,34)35;/h14-16H,2-13H2,1H3;1H/q+1;/p-1. The number of rotatable bonds is 17. The van der Waals surface area contributed by atoms with Crippen molar-refractivity contribution in [2.45, 2.75) is 120 Å². The van der Waals surface area contributed by atoms with Gasteiger partial charge >= 0.3 is 35.8 Å². The lowest BCUT2D eigenvalue weighted by molar-refractivity contribution is -0.697. The van der Waals surface area contributed by atoms with Crippen molar-refractivity contribution in [3.8, 4) is 0 Å². The minimum Gasteiger partial charge on any atom is -1.00 e. The van der Waals surface area contributed by atoms with Crippen LogP contribution >= 0.6 is 0 Å². The number of alkyl halides is 13. The summed E-state index contributed by atoms with van der Waals surface area (Å²) in [7, 11) is 0. The van der Waals surface area contributed by atoms with Crippen LogP contribution in [-0.4, -0.2) is 40.4 Å². The van der Waals surface area contributed by atoms with Gasteiger partial charge in [-0.3, -0.25) is 0 Å². The Morgan fingerprint density at radius 2 is 1.08 bits per heavy atom. The molecule has 1 rings (SSSR count). The molecule has 0 unspecified atom stereocenters. The molecule has 0 N–H and O–H groups in total. The third kappa shape index (κ3) is 8.27. The van der Waals surface area contributed by atoms with Gasteiger partial charge in [0.15, 0.2) is 0 Å². The lowest BCUT2D eigenvalue weighted by Gasteiger charge is -2.39. The highest BCUT2D eigenvalue weighted by Gasteiger charge is 2.90. The Morgan fingerprint density at radius 3 is 1.58 bits per heavy atom. The van der Waals surface area contributed by atoms with Crippen LogP contribution in [0.5, 0.6) is 0 Å². The molecular formula is C22H30F13IN2. The van der Waals surface area contributed by atoms with E-state index in [1.165, 1.54) is 36.1 Å². The third-order valence-electron chi connectivity index (χ3n) is 5.92. The maximum Gasteiger partial charge on any atom is 0.460 e. The largest absolute Gasteiger partial charge is 1.00 e. The van der Waals surface area contributed by atoms with Crippen LogP contribution in [0.1, 0.15) is 71.1 Å². The van der Waals surface area contributed by atoms with Crippen molar-refractivity contribution in [2.75, 3.05) is 0 Å². The quantitative estimate of drug-likeness (QED) is 0.0889. The Balaban J connectivity index is 0.0000137. The van der Waals surface area contributed by atoms with Gasteiger partial charge in [0.05, 0.1) is 13.1 Å². The Morgan fingerprint density at radius 1 is 0.605 bits per heavy atom. The maximum atomic E-state index is 13.9. The molecule has 0 aliphatic heterocycles. The summed E-state index contributed by atoms with van der Waals surface area (Å²) >= 11 is 0. The van der Waals surface area contributed by atoms with E-state index >= 15 is 0 Å². The van der Waals surface area contributed by atoms with Gasteiger partial charge in [-0.25, -0.2) is 9.13 Å². The Bertz CT molecular complexity index is 822. The summed E-state index contributed by atoms with van der Waals surface area (Å²) in [5.41, 5.74) is 0. The Labute approximate surface area is 229 Å². The summed E-state index contributed by atoms with van der Waals surface area (Å²) in [6.45, 7) is 2.19. The van der Waals surface area contributed by atoms with E-state index in [0.717, 1.165) is 38.5 Å². The number of hydrogen-bond donors (Lipinski definition) is 0. The van der Waals surface area contributed by atoms with Gasteiger partial charge in [0.1, 0.15) is 12.4 Å². The molecule has 0 aromatic carbocycles. The predicted molar refractivity (Wildman–Crippen MR) is 107 cm³/mol. The predicted octanol–water partition coefficient (Wildman–Crippen LogP) is 5.44. The zero-order valence-corrected chi connectivity index (χ0v) is 22.6. The van der Waals surface area contributed by atoms with Crippen molar-refractivity contribution in [3.05, 3.63) is 18.7 Å². The highest BCUT2D eigenvalue weighted by molar-refractivity contribution is 5.10. The van der Waals surface area contributed by atoms with E-state index in [4.69, 9.17) is 0 Å². The second kappa shape index (κ2) is 14.1.